The summed E-state index contributed by atoms with van der Waals surface area (Å²) in [5, 5.41) is 7.16. The van der Waals surface area contributed by atoms with Crippen LogP contribution in [0.1, 0.15) is 26.2 Å². The number of carbonyl (C=O) groups is 1. The largest absolute Gasteiger partial charge is 0.346 e. The number of carbonyl (C=O) groups excluding carboxylic acids is 1. The summed E-state index contributed by atoms with van der Waals surface area (Å²) in [4.78, 5) is 16.1. The van der Waals surface area contributed by atoms with Gasteiger partial charge in [0.25, 0.3) is 0 Å². The summed E-state index contributed by atoms with van der Waals surface area (Å²) in [5.41, 5.74) is 6.56. The molecular weight excluding hydrogens is 304 g/mol. The molecule has 0 unspecified atom stereocenters. The normalized spacial score (nSPS) is 12.4. The van der Waals surface area contributed by atoms with E-state index in [4.69, 9.17) is 21.9 Å². The van der Waals surface area contributed by atoms with Crippen LogP contribution in [0.25, 0.3) is 11.4 Å². The van der Waals surface area contributed by atoms with E-state index in [1.165, 1.54) is 0 Å². The van der Waals surface area contributed by atoms with Gasteiger partial charge in [-0.1, -0.05) is 42.7 Å². The predicted molar refractivity (Wildman–Crippen MR) is 84.0 cm³/mol. The van der Waals surface area contributed by atoms with Gasteiger partial charge >= 0.3 is 0 Å². The summed E-state index contributed by atoms with van der Waals surface area (Å²) < 4.78 is 5.11. The highest BCUT2D eigenvalue weighted by Crippen LogP contribution is 2.19. The lowest BCUT2D eigenvalue weighted by atomic mass is 10.0. The summed E-state index contributed by atoms with van der Waals surface area (Å²) in [7, 11) is 0. The van der Waals surface area contributed by atoms with Crippen LogP contribution in [0, 0.1) is 5.92 Å². The molecule has 0 radical (unpaired) electrons. The Balaban J connectivity index is 1.94. The van der Waals surface area contributed by atoms with Crippen LogP contribution in [0.15, 0.2) is 28.8 Å². The number of hydrogen-bond acceptors (Lipinski definition) is 5. The summed E-state index contributed by atoms with van der Waals surface area (Å²) in [5.74, 6) is 0.882. The number of halogens is 1. The van der Waals surface area contributed by atoms with E-state index >= 15 is 0 Å². The Morgan fingerprint density at radius 3 is 2.91 bits per heavy atom. The molecule has 6 nitrogen and oxygen atoms in total. The fourth-order valence-corrected chi connectivity index (χ4v) is 2.17. The molecule has 22 heavy (non-hydrogen) atoms. The zero-order chi connectivity index (χ0) is 16.1. The molecule has 1 amide bonds. The maximum atomic E-state index is 11.8. The highest BCUT2D eigenvalue weighted by Gasteiger charge is 2.16. The van der Waals surface area contributed by atoms with Crippen LogP contribution in [-0.4, -0.2) is 22.1 Å². The van der Waals surface area contributed by atoms with Crippen molar-refractivity contribution in [3.63, 3.8) is 0 Å². The first-order valence-electron chi connectivity index (χ1n) is 7.07. The fourth-order valence-electron chi connectivity index (χ4n) is 1.98. The molecular formula is C15H19ClN4O2. The molecule has 0 aliphatic carbocycles. The maximum absolute atomic E-state index is 11.8. The summed E-state index contributed by atoms with van der Waals surface area (Å²) in [6.07, 6.45) is 0.628. The van der Waals surface area contributed by atoms with Crippen molar-refractivity contribution in [2.75, 3.05) is 0 Å². The van der Waals surface area contributed by atoms with Crippen LogP contribution in [0.2, 0.25) is 5.02 Å². The number of amides is 1. The van der Waals surface area contributed by atoms with Gasteiger partial charge in [-0.3, -0.25) is 4.79 Å². The molecule has 118 valence electrons. The number of aromatic nitrogens is 2. The van der Waals surface area contributed by atoms with E-state index in [0.717, 1.165) is 5.56 Å². The Morgan fingerprint density at radius 1 is 1.45 bits per heavy atom. The van der Waals surface area contributed by atoms with Crippen molar-refractivity contribution >= 4 is 17.5 Å². The van der Waals surface area contributed by atoms with Crippen molar-refractivity contribution in [1.82, 2.24) is 15.5 Å². The molecule has 0 aliphatic rings. The van der Waals surface area contributed by atoms with E-state index in [2.05, 4.69) is 15.5 Å². The minimum atomic E-state index is -0.532. The van der Waals surface area contributed by atoms with Gasteiger partial charge < -0.3 is 15.6 Å². The van der Waals surface area contributed by atoms with Gasteiger partial charge in [0.1, 0.15) is 0 Å². The SMILES string of the molecule is CC(C)C[C@H](N)C(=O)NCc1nc(-c2cccc(Cl)c2)no1. The van der Waals surface area contributed by atoms with E-state index in [1.54, 1.807) is 18.2 Å². The first-order valence-corrected chi connectivity index (χ1v) is 7.45. The number of nitrogens with zero attached hydrogens (tertiary/aromatic N) is 2. The Hall–Kier alpha value is -1.92. The van der Waals surface area contributed by atoms with Crippen molar-refractivity contribution in [1.29, 1.82) is 0 Å². The Bertz CT molecular complexity index is 642. The molecule has 3 N–H and O–H groups in total. The summed E-state index contributed by atoms with van der Waals surface area (Å²) >= 11 is 5.92. The van der Waals surface area contributed by atoms with Crippen LogP contribution in [0.4, 0.5) is 0 Å². The fraction of sp³-hybridized carbons (Fsp3) is 0.400. The van der Waals surface area contributed by atoms with Crippen molar-refractivity contribution in [2.45, 2.75) is 32.9 Å². The van der Waals surface area contributed by atoms with Crippen LogP contribution < -0.4 is 11.1 Å². The Labute approximate surface area is 134 Å². The minimum Gasteiger partial charge on any atom is -0.346 e. The predicted octanol–water partition coefficient (Wildman–Crippen LogP) is 2.38. The molecule has 0 aliphatic heterocycles. The molecule has 1 aromatic heterocycles. The number of benzene rings is 1. The van der Waals surface area contributed by atoms with Crippen LogP contribution >= 0.6 is 11.6 Å². The first kappa shape index (κ1) is 16.5. The second-order valence-corrected chi connectivity index (χ2v) is 5.91. The van der Waals surface area contributed by atoms with Crippen molar-refractivity contribution in [3.05, 3.63) is 35.2 Å². The van der Waals surface area contributed by atoms with Gasteiger partial charge in [0.05, 0.1) is 12.6 Å². The average molecular weight is 323 g/mol. The molecule has 0 spiro atoms. The van der Waals surface area contributed by atoms with Crippen LogP contribution in [-0.2, 0) is 11.3 Å². The Morgan fingerprint density at radius 2 is 2.23 bits per heavy atom. The molecule has 7 heteroatoms. The summed E-state index contributed by atoms with van der Waals surface area (Å²) in [6, 6.07) is 6.61. The third-order valence-corrected chi connectivity index (χ3v) is 3.26. The van der Waals surface area contributed by atoms with E-state index in [9.17, 15) is 4.79 Å². The molecule has 1 aromatic carbocycles. The molecule has 2 rings (SSSR count). The molecule has 0 saturated heterocycles. The lowest BCUT2D eigenvalue weighted by molar-refractivity contribution is -0.123. The molecule has 0 fully saturated rings. The highest BCUT2D eigenvalue weighted by atomic mass is 35.5. The van der Waals surface area contributed by atoms with Gasteiger partial charge in [0.15, 0.2) is 0 Å². The van der Waals surface area contributed by atoms with E-state index < -0.39 is 6.04 Å². The molecule has 0 saturated carbocycles. The lowest BCUT2D eigenvalue weighted by Crippen LogP contribution is -2.41. The van der Waals surface area contributed by atoms with Gasteiger partial charge in [-0.15, -0.1) is 0 Å². The monoisotopic (exact) mass is 322 g/mol. The zero-order valence-electron chi connectivity index (χ0n) is 12.5. The third-order valence-electron chi connectivity index (χ3n) is 3.03. The topological polar surface area (TPSA) is 94.0 Å². The quantitative estimate of drug-likeness (QED) is 0.851. The average Bonchev–Trinajstić information content (AvgIpc) is 2.93. The molecule has 1 atom stereocenters. The zero-order valence-corrected chi connectivity index (χ0v) is 13.3. The molecule has 2 aromatic rings. The van der Waals surface area contributed by atoms with E-state index in [0.29, 0.717) is 29.1 Å². The Kier molecular flexibility index (Phi) is 5.51. The summed E-state index contributed by atoms with van der Waals surface area (Å²) in [6.45, 7) is 4.18. The van der Waals surface area contributed by atoms with Gasteiger partial charge in [0.2, 0.25) is 17.6 Å². The van der Waals surface area contributed by atoms with Gasteiger partial charge in [-0.2, -0.15) is 4.98 Å². The highest BCUT2D eigenvalue weighted by molar-refractivity contribution is 6.30. The third kappa shape index (κ3) is 4.54. The number of rotatable bonds is 6. The van der Waals surface area contributed by atoms with Crippen molar-refractivity contribution in [2.24, 2.45) is 11.7 Å². The minimum absolute atomic E-state index is 0.151. The van der Waals surface area contributed by atoms with Crippen molar-refractivity contribution in [3.8, 4) is 11.4 Å². The maximum Gasteiger partial charge on any atom is 0.246 e. The molecule has 1 heterocycles. The number of nitrogens with one attached hydrogen (secondary N) is 1. The van der Waals surface area contributed by atoms with Gasteiger partial charge in [0, 0.05) is 10.6 Å². The van der Waals surface area contributed by atoms with E-state index in [1.807, 2.05) is 19.9 Å². The van der Waals surface area contributed by atoms with Crippen LogP contribution in [0.5, 0.6) is 0 Å². The van der Waals surface area contributed by atoms with E-state index in [-0.39, 0.29) is 12.5 Å². The van der Waals surface area contributed by atoms with Crippen LogP contribution in [0.3, 0.4) is 0 Å². The van der Waals surface area contributed by atoms with Crippen molar-refractivity contribution < 1.29 is 9.32 Å². The number of hydrogen-bond donors (Lipinski definition) is 2. The second-order valence-electron chi connectivity index (χ2n) is 5.48. The first-order chi connectivity index (χ1) is 10.5. The molecule has 0 bridgehead atoms. The standard InChI is InChI=1S/C15H19ClN4O2/c1-9(2)6-12(17)15(21)18-8-13-19-14(20-22-13)10-4-3-5-11(16)7-10/h3-5,7,9,12H,6,8,17H2,1-2H3,(H,18,21)/t12-/m0/s1. The lowest BCUT2D eigenvalue weighted by Gasteiger charge is -2.12. The smallest absolute Gasteiger partial charge is 0.246 e. The van der Waals surface area contributed by atoms with Gasteiger partial charge in [-0.05, 0) is 24.5 Å². The second kappa shape index (κ2) is 7.38. The number of nitrogens with two attached hydrogens (primary N) is 1. The van der Waals surface area contributed by atoms with Gasteiger partial charge in [-0.25, -0.2) is 0 Å².